The Morgan fingerprint density at radius 3 is 2.26 bits per heavy atom. The summed E-state index contributed by atoms with van der Waals surface area (Å²) in [6, 6.07) is 17.9. The Labute approximate surface area is 134 Å². The minimum atomic E-state index is -3.70. The van der Waals surface area contributed by atoms with E-state index in [4.69, 9.17) is 5.73 Å². The van der Waals surface area contributed by atoms with Crippen molar-refractivity contribution in [2.45, 2.75) is 10.1 Å². The maximum Gasteiger partial charge on any atom is 0.186 e. The molecule has 0 heterocycles. The normalized spacial score (nSPS) is 13.1. The second kappa shape index (κ2) is 6.10. The van der Waals surface area contributed by atoms with Crippen LogP contribution in [0.5, 0.6) is 0 Å². The second-order valence-corrected chi connectivity index (χ2v) is 7.42. The van der Waals surface area contributed by atoms with Crippen molar-refractivity contribution in [2.24, 2.45) is 5.73 Å². The van der Waals surface area contributed by atoms with Crippen LogP contribution in [0.15, 0.2) is 71.6 Å². The fourth-order valence-corrected chi connectivity index (χ4v) is 4.38. The van der Waals surface area contributed by atoms with E-state index < -0.39 is 20.9 Å². The third kappa shape index (κ3) is 2.85. The molecule has 0 saturated carbocycles. The molecule has 0 bridgehead atoms. The number of sulfone groups is 1. The number of halogens is 1. The summed E-state index contributed by atoms with van der Waals surface area (Å²) in [7, 11) is -3.70. The summed E-state index contributed by atoms with van der Waals surface area (Å²) in [5.74, 6) is -0.474. The smallest absolute Gasteiger partial charge is 0.186 e. The van der Waals surface area contributed by atoms with E-state index in [0.29, 0.717) is 5.56 Å². The van der Waals surface area contributed by atoms with Gasteiger partial charge in [-0.05, 0) is 40.6 Å². The molecule has 2 N–H and O–H groups in total. The molecule has 0 aliphatic rings. The number of benzene rings is 3. The van der Waals surface area contributed by atoms with E-state index in [-0.39, 0.29) is 11.4 Å². The highest BCUT2D eigenvalue weighted by molar-refractivity contribution is 7.91. The van der Waals surface area contributed by atoms with Gasteiger partial charge >= 0.3 is 0 Å². The summed E-state index contributed by atoms with van der Waals surface area (Å²) in [4.78, 5) is 0.0716. The molecular weight excluding hydrogens is 313 g/mol. The van der Waals surface area contributed by atoms with Crippen molar-refractivity contribution in [3.05, 3.63) is 78.1 Å². The van der Waals surface area contributed by atoms with Gasteiger partial charge < -0.3 is 5.73 Å². The van der Waals surface area contributed by atoms with E-state index in [1.807, 2.05) is 36.4 Å². The van der Waals surface area contributed by atoms with Crippen molar-refractivity contribution in [1.29, 1.82) is 0 Å². The van der Waals surface area contributed by atoms with Gasteiger partial charge in [0.2, 0.25) is 0 Å². The zero-order chi connectivity index (χ0) is 16.4. The first-order valence-electron chi connectivity index (χ1n) is 7.21. The first kappa shape index (κ1) is 15.6. The highest BCUT2D eigenvalue weighted by Crippen LogP contribution is 2.32. The lowest BCUT2D eigenvalue weighted by molar-refractivity contribution is 0.582. The van der Waals surface area contributed by atoms with Crippen molar-refractivity contribution in [2.75, 3.05) is 6.54 Å². The van der Waals surface area contributed by atoms with Gasteiger partial charge in [-0.3, -0.25) is 0 Å². The van der Waals surface area contributed by atoms with Gasteiger partial charge in [0.1, 0.15) is 11.1 Å². The molecule has 5 heteroatoms. The fourth-order valence-electron chi connectivity index (χ4n) is 2.74. The maximum atomic E-state index is 13.1. The number of hydrogen-bond acceptors (Lipinski definition) is 3. The number of fused-ring (bicyclic) bond motifs is 1. The Balaban J connectivity index is 2.17. The van der Waals surface area contributed by atoms with Crippen LogP contribution in [0.1, 0.15) is 10.8 Å². The Morgan fingerprint density at radius 1 is 0.913 bits per heavy atom. The van der Waals surface area contributed by atoms with Crippen LogP contribution in [0, 0.1) is 5.82 Å². The summed E-state index contributed by atoms with van der Waals surface area (Å²) in [6.45, 7) is -0.0479. The molecule has 0 amide bonds. The summed E-state index contributed by atoms with van der Waals surface area (Å²) in [5, 5.41) is 0.938. The first-order valence-corrected chi connectivity index (χ1v) is 8.76. The van der Waals surface area contributed by atoms with E-state index >= 15 is 0 Å². The molecule has 0 saturated heterocycles. The van der Waals surface area contributed by atoms with Gasteiger partial charge in [-0.15, -0.1) is 0 Å². The molecule has 3 nitrogen and oxygen atoms in total. The van der Waals surface area contributed by atoms with Gasteiger partial charge in [0.25, 0.3) is 0 Å². The zero-order valence-corrected chi connectivity index (χ0v) is 13.1. The van der Waals surface area contributed by atoms with E-state index in [0.717, 1.165) is 22.9 Å². The van der Waals surface area contributed by atoms with Crippen LogP contribution < -0.4 is 5.73 Å². The maximum absolute atomic E-state index is 13.1. The highest BCUT2D eigenvalue weighted by atomic mass is 32.2. The largest absolute Gasteiger partial charge is 0.329 e. The van der Waals surface area contributed by atoms with Gasteiger partial charge in [-0.1, -0.05) is 42.5 Å². The first-order chi connectivity index (χ1) is 11.0. The van der Waals surface area contributed by atoms with Crippen LogP contribution in [0.25, 0.3) is 10.8 Å². The topological polar surface area (TPSA) is 60.2 Å². The summed E-state index contributed by atoms with van der Waals surface area (Å²) >= 11 is 0. The van der Waals surface area contributed by atoms with E-state index in [2.05, 4.69) is 0 Å². The molecular formula is C18H16FNO2S. The lowest BCUT2D eigenvalue weighted by atomic mass is 10.0. The molecule has 3 rings (SSSR count). The molecule has 118 valence electrons. The molecule has 0 aromatic heterocycles. The van der Waals surface area contributed by atoms with Crippen molar-refractivity contribution in [1.82, 2.24) is 0 Å². The summed E-state index contributed by atoms with van der Waals surface area (Å²) in [5.41, 5.74) is 6.46. The van der Waals surface area contributed by atoms with Gasteiger partial charge in [-0.25, -0.2) is 12.8 Å². The average molecular weight is 329 g/mol. The molecule has 0 radical (unpaired) electrons. The lowest BCUT2D eigenvalue weighted by Crippen LogP contribution is -2.22. The van der Waals surface area contributed by atoms with E-state index in [1.165, 1.54) is 12.1 Å². The van der Waals surface area contributed by atoms with Gasteiger partial charge in [0.15, 0.2) is 9.84 Å². The van der Waals surface area contributed by atoms with Gasteiger partial charge in [0.05, 0.1) is 4.90 Å². The molecule has 23 heavy (non-hydrogen) atoms. The number of nitrogens with two attached hydrogens (primary N) is 1. The van der Waals surface area contributed by atoms with E-state index in [1.54, 1.807) is 6.07 Å². The van der Waals surface area contributed by atoms with Crippen LogP contribution in [0.4, 0.5) is 4.39 Å². The zero-order valence-electron chi connectivity index (χ0n) is 12.3. The van der Waals surface area contributed by atoms with Crippen molar-refractivity contribution in [3.8, 4) is 0 Å². The predicted octanol–water partition coefficient (Wildman–Crippen LogP) is 3.45. The Bertz CT molecular complexity index is 931. The Kier molecular flexibility index (Phi) is 4.15. The highest BCUT2D eigenvalue weighted by Gasteiger charge is 2.29. The van der Waals surface area contributed by atoms with Crippen molar-refractivity contribution >= 4 is 20.6 Å². The molecule has 0 fully saturated rings. The summed E-state index contributed by atoms with van der Waals surface area (Å²) in [6.07, 6.45) is 0. The molecule has 0 aliphatic carbocycles. The third-order valence-electron chi connectivity index (χ3n) is 3.90. The van der Waals surface area contributed by atoms with Crippen molar-refractivity contribution < 1.29 is 12.8 Å². The van der Waals surface area contributed by atoms with Crippen LogP contribution in [-0.2, 0) is 9.84 Å². The standard InChI is InChI=1S/C18H16FNO2S/c19-14-8-10-15(11-9-14)23(21,22)18(12-20)17-7-3-5-13-4-1-2-6-16(13)17/h1-11,18H,12,20H2/t18-/m0/s1. The Hall–Kier alpha value is -2.24. The van der Waals surface area contributed by atoms with Gasteiger partial charge in [-0.2, -0.15) is 0 Å². The fraction of sp³-hybridized carbons (Fsp3) is 0.111. The summed E-state index contributed by atoms with van der Waals surface area (Å²) < 4.78 is 38.9. The minimum absolute atomic E-state index is 0.0479. The van der Waals surface area contributed by atoms with E-state index in [9.17, 15) is 12.8 Å². The van der Waals surface area contributed by atoms with Crippen LogP contribution in [-0.4, -0.2) is 15.0 Å². The third-order valence-corrected chi connectivity index (χ3v) is 6.03. The minimum Gasteiger partial charge on any atom is -0.329 e. The Morgan fingerprint density at radius 2 is 1.57 bits per heavy atom. The predicted molar refractivity (Wildman–Crippen MR) is 89.3 cm³/mol. The number of rotatable bonds is 4. The average Bonchev–Trinajstić information content (AvgIpc) is 2.56. The second-order valence-electron chi connectivity index (χ2n) is 5.29. The molecule has 1 atom stereocenters. The van der Waals surface area contributed by atoms with Crippen LogP contribution in [0.3, 0.4) is 0 Å². The molecule has 0 unspecified atom stereocenters. The molecule has 3 aromatic rings. The lowest BCUT2D eigenvalue weighted by Gasteiger charge is -2.18. The van der Waals surface area contributed by atoms with Crippen LogP contribution in [0.2, 0.25) is 0 Å². The molecule has 0 spiro atoms. The monoisotopic (exact) mass is 329 g/mol. The SMILES string of the molecule is NC[C@@H](c1cccc2ccccc12)S(=O)(=O)c1ccc(F)cc1. The van der Waals surface area contributed by atoms with Crippen molar-refractivity contribution in [3.63, 3.8) is 0 Å². The molecule has 3 aromatic carbocycles. The number of hydrogen-bond donors (Lipinski definition) is 1. The molecule has 0 aliphatic heterocycles. The quantitative estimate of drug-likeness (QED) is 0.746. The van der Waals surface area contributed by atoms with Crippen LogP contribution >= 0.6 is 0 Å². The van der Waals surface area contributed by atoms with Gasteiger partial charge in [0, 0.05) is 6.54 Å².